The lowest BCUT2D eigenvalue weighted by molar-refractivity contribution is -0.132. The molecule has 2 unspecified atom stereocenters. The highest BCUT2D eigenvalue weighted by Gasteiger charge is 2.48. The number of ether oxygens (including phenoxy) is 2. The maximum absolute atomic E-state index is 13.9. The SMILES string of the molecule is CC1Cc2cc(C(O)=C3C(=O)C(=O)N(c4nnc(SCc5cccc6ccccc56)s4)C3c3cccc(OCc4ccccc4)c3)ccc2O1. The van der Waals surface area contributed by atoms with Crippen LogP contribution in [-0.4, -0.2) is 33.1 Å². The third-order valence-electron chi connectivity index (χ3n) is 8.87. The van der Waals surface area contributed by atoms with Crippen LogP contribution in [0, 0.1) is 0 Å². The van der Waals surface area contributed by atoms with E-state index in [1.54, 1.807) is 18.2 Å². The Morgan fingerprint density at radius 1 is 0.940 bits per heavy atom. The first-order chi connectivity index (χ1) is 24.4. The molecule has 0 bridgehead atoms. The zero-order valence-corrected chi connectivity index (χ0v) is 28.6. The molecule has 0 saturated carbocycles. The molecule has 0 spiro atoms. The number of aliphatic hydroxyl groups is 1. The Kier molecular flexibility index (Phi) is 8.56. The number of amides is 1. The molecule has 1 aromatic heterocycles. The molecule has 50 heavy (non-hydrogen) atoms. The third-order valence-corrected chi connectivity index (χ3v) is 11.0. The van der Waals surface area contributed by atoms with E-state index >= 15 is 0 Å². The van der Waals surface area contributed by atoms with Crippen molar-refractivity contribution in [3.8, 4) is 11.5 Å². The molecule has 0 radical (unpaired) electrons. The van der Waals surface area contributed by atoms with Crippen LogP contribution in [-0.2, 0) is 28.4 Å². The summed E-state index contributed by atoms with van der Waals surface area (Å²) in [5.41, 5.74) is 4.09. The van der Waals surface area contributed by atoms with Crippen molar-refractivity contribution >= 4 is 56.5 Å². The maximum Gasteiger partial charge on any atom is 0.301 e. The molecule has 0 aliphatic carbocycles. The molecule has 3 heterocycles. The summed E-state index contributed by atoms with van der Waals surface area (Å²) >= 11 is 2.76. The predicted octanol–water partition coefficient (Wildman–Crippen LogP) is 8.51. The van der Waals surface area contributed by atoms with Gasteiger partial charge in [-0.2, -0.15) is 0 Å². The van der Waals surface area contributed by atoms with Crippen LogP contribution in [0.3, 0.4) is 0 Å². The Bertz CT molecular complexity index is 2280. The number of aromatic nitrogens is 2. The van der Waals surface area contributed by atoms with Crippen molar-refractivity contribution in [1.82, 2.24) is 10.2 Å². The fraction of sp³-hybridized carbons (Fsp3) is 0.150. The number of benzene rings is 5. The van der Waals surface area contributed by atoms with E-state index in [1.807, 2.05) is 79.7 Å². The van der Waals surface area contributed by atoms with E-state index in [0.29, 0.717) is 40.0 Å². The summed E-state index contributed by atoms with van der Waals surface area (Å²) in [6.07, 6.45) is 0.690. The van der Waals surface area contributed by atoms with Crippen LogP contribution < -0.4 is 14.4 Å². The summed E-state index contributed by atoms with van der Waals surface area (Å²) in [7, 11) is 0. The number of nitrogens with zero attached hydrogens (tertiary/aromatic N) is 3. The van der Waals surface area contributed by atoms with E-state index in [1.165, 1.54) is 33.4 Å². The highest BCUT2D eigenvalue weighted by Crippen LogP contribution is 2.45. The standard InChI is InChI=1S/C40H31N3O5S2/c1-24-19-30-20-28(17-18-33(30)48-24)36(44)34-35(27-13-8-15-31(21-27)47-22-25-9-3-2-4-10-25)43(38(46)37(34)45)39-41-42-40(50-39)49-23-29-14-7-12-26-11-5-6-16-32(26)29/h2-18,20-21,24,35,44H,19,22-23H2,1H3. The quantitative estimate of drug-likeness (QED) is 0.0528. The lowest BCUT2D eigenvalue weighted by Crippen LogP contribution is -2.29. The Balaban J connectivity index is 1.15. The molecule has 2 aliphatic heterocycles. The van der Waals surface area contributed by atoms with Gasteiger partial charge in [-0.15, -0.1) is 10.2 Å². The molecule has 1 amide bonds. The van der Waals surface area contributed by atoms with E-state index in [2.05, 4.69) is 34.5 Å². The Hall–Kier alpha value is -5.45. The Morgan fingerprint density at radius 2 is 1.74 bits per heavy atom. The monoisotopic (exact) mass is 697 g/mol. The number of thioether (sulfide) groups is 1. The number of anilines is 1. The van der Waals surface area contributed by atoms with Crippen molar-refractivity contribution in [3.05, 3.63) is 149 Å². The van der Waals surface area contributed by atoms with Gasteiger partial charge in [-0.05, 0) is 70.3 Å². The second kappa shape index (κ2) is 13.5. The van der Waals surface area contributed by atoms with Crippen LogP contribution in [0.5, 0.6) is 11.5 Å². The average molecular weight is 698 g/mol. The second-order valence-electron chi connectivity index (χ2n) is 12.2. The number of hydrogen-bond acceptors (Lipinski definition) is 9. The molecule has 8 nitrogen and oxygen atoms in total. The molecular weight excluding hydrogens is 667 g/mol. The van der Waals surface area contributed by atoms with E-state index in [4.69, 9.17) is 9.47 Å². The number of carbonyl (C=O) groups is 2. The molecule has 1 N–H and O–H groups in total. The summed E-state index contributed by atoms with van der Waals surface area (Å²) < 4.78 is 12.6. The number of ketones is 1. The minimum absolute atomic E-state index is 0.0108. The summed E-state index contributed by atoms with van der Waals surface area (Å²) in [6.45, 7) is 2.32. The van der Waals surface area contributed by atoms with Gasteiger partial charge in [0, 0.05) is 17.7 Å². The van der Waals surface area contributed by atoms with Gasteiger partial charge in [-0.25, -0.2) is 0 Å². The average Bonchev–Trinajstić information content (AvgIpc) is 3.84. The first-order valence-electron chi connectivity index (χ1n) is 16.2. The number of Topliss-reactive ketones (excluding diaryl/α,β-unsaturated/α-hetero) is 1. The Morgan fingerprint density at radius 3 is 2.62 bits per heavy atom. The lowest BCUT2D eigenvalue weighted by Gasteiger charge is -2.23. The Labute approximate surface area is 297 Å². The largest absolute Gasteiger partial charge is 0.507 e. The molecule has 248 valence electrons. The molecule has 5 aromatic carbocycles. The zero-order valence-electron chi connectivity index (χ0n) is 27.0. The molecule has 1 fully saturated rings. The van der Waals surface area contributed by atoms with Gasteiger partial charge in [0.1, 0.15) is 30.0 Å². The number of hydrogen-bond donors (Lipinski definition) is 1. The lowest BCUT2D eigenvalue weighted by atomic mass is 9.94. The molecule has 8 rings (SSSR count). The van der Waals surface area contributed by atoms with Gasteiger partial charge >= 0.3 is 5.91 Å². The summed E-state index contributed by atoms with van der Waals surface area (Å²) in [5.74, 6) is 0.116. The first kappa shape index (κ1) is 31.8. The topological polar surface area (TPSA) is 102 Å². The molecule has 2 atom stereocenters. The molecular formula is C40H31N3O5S2. The third kappa shape index (κ3) is 6.12. The highest BCUT2D eigenvalue weighted by molar-refractivity contribution is 8.00. The molecule has 1 saturated heterocycles. The number of fused-ring (bicyclic) bond motifs is 2. The number of carbonyl (C=O) groups excluding carboxylic acids is 2. The van der Waals surface area contributed by atoms with Crippen molar-refractivity contribution < 1.29 is 24.2 Å². The normalized spacial score (nSPS) is 18.0. The van der Waals surface area contributed by atoms with E-state index in [0.717, 1.165) is 27.8 Å². The molecule has 10 heteroatoms. The smallest absolute Gasteiger partial charge is 0.301 e. The summed E-state index contributed by atoms with van der Waals surface area (Å²) in [5, 5.41) is 23.2. The van der Waals surface area contributed by atoms with Gasteiger partial charge in [0.05, 0.1) is 11.6 Å². The van der Waals surface area contributed by atoms with Crippen molar-refractivity contribution in [3.63, 3.8) is 0 Å². The molecule has 6 aromatic rings. The van der Waals surface area contributed by atoms with Crippen molar-refractivity contribution in [1.29, 1.82) is 0 Å². The van der Waals surface area contributed by atoms with Gasteiger partial charge in [-0.1, -0.05) is 108 Å². The molecule has 2 aliphatic rings. The predicted molar refractivity (Wildman–Crippen MR) is 196 cm³/mol. The highest BCUT2D eigenvalue weighted by atomic mass is 32.2. The van der Waals surface area contributed by atoms with Crippen LogP contribution in [0.1, 0.15) is 40.8 Å². The van der Waals surface area contributed by atoms with Gasteiger partial charge in [-0.3, -0.25) is 14.5 Å². The minimum Gasteiger partial charge on any atom is -0.507 e. The fourth-order valence-electron chi connectivity index (χ4n) is 6.50. The van der Waals surface area contributed by atoms with E-state index in [-0.39, 0.29) is 22.6 Å². The van der Waals surface area contributed by atoms with E-state index in [9.17, 15) is 14.7 Å². The van der Waals surface area contributed by atoms with Crippen LogP contribution >= 0.6 is 23.1 Å². The van der Waals surface area contributed by atoms with E-state index < -0.39 is 17.7 Å². The first-order valence-corrected chi connectivity index (χ1v) is 18.0. The van der Waals surface area contributed by atoms with Crippen molar-refractivity contribution in [2.24, 2.45) is 0 Å². The van der Waals surface area contributed by atoms with Crippen molar-refractivity contribution in [2.75, 3.05) is 4.90 Å². The second-order valence-corrected chi connectivity index (χ2v) is 14.4. The van der Waals surface area contributed by atoms with Crippen LogP contribution in [0.4, 0.5) is 5.13 Å². The van der Waals surface area contributed by atoms with Crippen LogP contribution in [0.15, 0.2) is 125 Å². The van der Waals surface area contributed by atoms with Gasteiger partial charge in [0.15, 0.2) is 4.34 Å². The van der Waals surface area contributed by atoms with Gasteiger partial charge in [0.25, 0.3) is 5.78 Å². The van der Waals surface area contributed by atoms with Crippen LogP contribution in [0.2, 0.25) is 0 Å². The number of rotatable bonds is 9. The van der Waals surface area contributed by atoms with Crippen molar-refractivity contribution in [2.45, 2.75) is 42.2 Å². The van der Waals surface area contributed by atoms with Gasteiger partial charge in [0.2, 0.25) is 5.13 Å². The summed E-state index contributed by atoms with van der Waals surface area (Å²) in [6, 6.07) is 35.9. The minimum atomic E-state index is -0.970. The van der Waals surface area contributed by atoms with Crippen LogP contribution in [0.25, 0.3) is 16.5 Å². The van der Waals surface area contributed by atoms with Gasteiger partial charge < -0.3 is 14.6 Å². The summed E-state index contributed by atoms with van der Waals surface area (Å²) in [4.78, 5) is 29.2. The number of aliphatic hydroxyl groups excluding tert-OH is 1. The fourth-order valence-corrected chi connectivity index (χ4v) is 8.37. The zero-order chi connectivity index (χ0) is 34.2. The maximum atomic E-state index is 13.9.